The molecule has 0 aliphatic carbocycles. The monoisotopic (exact) mass is 1030 g/mol. The quantitative estimate of drug-likeness (QED) is 0.0660. The van der Waals surface area contributed by atoms with Crippen molar-refractivity contribution in [3.63, 3.8) is 0 Å². The Hall–Kier alpha value is -4.58. The average molecular weight is 1030 g/mol. The number of ether oxygens (including phenoxy) is 3. The van der Waals surface area contributed by atoms with E-state index in [1.807, 2.05) is 29.5 Å². The third kappa shape index (κ3) is 10.1. The normalized spacial score (nSPS) is 14.5. The third-order valence-corrected chi connectivity index (χ3v) is 17.6. The van der Waals surface area contributed by atoms with E-state index >= 15 is 0 Å². The Morgan fingerprint density at radius 1 is 0.641 bits per heavy atom. The van der Waals surface area contributed by atoms with Gasteiger partial charge in [-0.25, -0.2) is 4.85 Å². The molecule has 0 radical (unpaired) electrons. The highest BCUT2D eigenvalue weighted by Crippen LogP contribution is 2.40. The van der Waals surface area contributed by atoms with Gasteiger partial charge in [0, 0.05) is 72.9 Å². The number of hydrogen-bond donors (Lipinski definition) is 1. The van der Waals surface area contributed by atoms with E-state index in [1.54, 1.807) is 69.9 Å². The third-order valence-electron chi connectivity index (χ3n) is 10.6. The van der Waals surface area contributed by atoms with E-state index in [-0.39, 0.29) is 11.6 Å². The van der Waals surface area contributed by atoms with Gasteiger partial charge in [0.1, 0.15) is 0 Å². The van der Waals surface area contributed by atoms with Gasteiger partial charge in [0.05, 0.1) is 63.1 Å². The Balaban J connectivity index is 0.000000128. The molecule has 6 aromatic heterocycles. The van der Waals surface area contributed by atoms with E-state index < -0.39 is 0 Å². The highest BCUT2D eigenvalue weighted by atomic mass is 79.9. The number of morpholine rings is 2. The molecule has 0 atom stereocenters. The van der Waals surface area contributed by atoms with Crippen molar-refractivity contribution >= 4 is 179 Å². The van der Waals surface area contributed by atoms with Crippen molar-refractivity contribution in [1.29, 1.82) is 0 Å². The summed E-state index contributed by atoms with van der Waals surface area (Å²) in [6.45, 7) is 15.1. The number of rotatable bonds is 9. The average Bonchev–Trinajstić information content (AvgIpc) is 4.19. The minimum atomic E-state index is -0.370. The molecule has 1 N–H and O–H groups in total. The molecule has 326 valence electrons. The summed E-state index contributed by atoms with van der Waals surface area (Å²) >= 11 is 13.5. The first-order valence-electron chi connectivity index (χ1n) is 20.3. The molecule has 8 heterocycles. The molecule has 64 heavy (non-hydrogen) atoms. The smallest absolute Gasteiger partial charge is 0.251 e. The second-order valence-electron chi connectivity index (χ2n) is 14.8. The number of benzene rings is 3. The minimum Gasteiger partial charge on any atom is -0.383 e. The van der Waals surface area contributed by atoms with Crippen molar-refractivity contribution in [1.82, 2.24) is 5.32 Å². The molecule has 1 amide bonds. The van der Waals surface area contributed by atoms with Crippen LogP contribution in [-0.2, 0) is 19.0 Å². The molecular weight excluding hydrogens is 989 g/mol. The van der Waals surface area contributed by atoms with Crippen LogP contribution in [0.1, 0.15) is 24.2 Å². The lowest BCUT2D eigenvalue weighted by atomic mass is 10.2. The number of methoxy groups -OCH3 is 1. The summed E-state index contributed by atoms with van der Waals surface area (Å²) in [4.78, 5) is 44.3. The molecule has 2 aliphatic rings. The van der Waals surface area contributed by atoms with Crippen molar-refractivity contribution in [3.05, 3.63) is 108 Å². The van der Waals surface area contributed by atoms with Crippen LogP contribution in [0.25, 0.3) is 71.4 Å². The van der Waals surface area contributed by atoms with Crippen LogP contribution < -0.4 is 15.1 Å². The lowest BCUT2D eigenvalue weighted by molar-refractivity contribution is -0.117. The summed E-state index contributed by atoms with van der Waals surface area (Å²) in [5, 5.41) is 12.5. The van der Waals surface area contributed by atoms with Gasteiger partial charge in [0.25, 0.3) is 5.70 Å². The number of carbonyl (C=O) groups is 3. The Labute approximate surface area is 400 Å². The Bertz CT molecular complexity index is 3080. The molecule has 17 heteroatoms. The summed E-state index contributed by atoms with van der Waals surface area (Å²) in [5.74, 6) is -0.370. The highest BCUT2D eigenvalue weighted by Gasteiger charge is 2.17. The number of fused-ring (bicyclic) bond motifs is 6. The summed E-state index contributed by atoms with van der Waals surface area (Å²) in [7, 11) is 1.57. The minimum absolute atomic E-state index is 0.0871. The highest BCUT2D eigenvalue weighted by molar-refractivity contribution is 9.11. The first-order valence-corrected chi connectivity index (χ1v) is 26.0. The number of halogens is 1. The van der Waals surface area contributed by atoms with E-state index in [4.69, 9.17) is 20.8 Å². The molecule has 2 aliphatic heterocycles. The molecule has 2 saturated heterocycles. The number of aldehydes is 2. The molecule has 10 nitrogen and oxygen atoms in total. The van der Waals surface area contributed by atoms with Crippen LogP contribution in [0, 0.1) is 6.57 Å². The Kier molecular flexibility index (Phi) is 14.1. The summed E-state index contributed by atoms with van der Waals surface area (Å²) in [5.41, 5.74) is 0.0871. The topological polar surface area (TPSA) is 102 Å². The van der Waals surface area contributed by atoms with Crippen LogP contribution in [0.3, 0.4) is 0 Å². The van der Waals surface area contributed by atoms with Crippen LogP contribution in [0.15, 0.2) is 82.3 Å². The van der Waals surface area contributed by atoms with Gasteiger partial charge in [-0.05, 0) is 127 Å². The SMILES string of the molecule is O=Cc1cc2cc3cc(Br)sc3cc2s1.O=Cc1cc2cc3cc(N4CCOCC4)sc3cc2s1.[C-]#[N+]/C(=C\c1cc2cc3cc(N4CCOCC4)sc3cc2s1)C(=O)NCCOC. The maximum Gasteiger partial charge on any atom is 0.251 e. The predicted octanol–water partition coefficient (Wildman–Crippen LogP) is 12.4. The van der Waals surface area contributed by atoms with E-state index in [0.29, 0.717) is 13.2 Å². The van der Waals surface area contributed by atoms with Gasteiger partial charge >= 0.3 is 0 Å². The first-order chi connectivity index (χ1) is 31.3. The number of hydrogen-bond acceptors (Lipinski definition) is 14. The molecule has 2 fully saturated rings. The second kappa shape index (κ2) is 20.3. The molecule has 0 unspecified atom stereocenters. The fourth-order valence-electron chi connectivity index (χ4n) is 7.44. The fourth-order valence-corrected chi connectivity index (χ4v) is 14.3. The van der Waals surface area contributed by atoms with E-state index in [0.717, 1.165) is 104 Å². The van der Waals surface area contributed by atoms with Crippen molar-refractivity contribution in [3.8, 4) is 0 Å². The lowest BCUT2D eigenvalue weighted by Gasteiger charge is -2.27. The Morgan fingerprint density at radius 3 is 1.53 bits per heavy atom. The zero-order chi connectivity index (χ0) is 44.2. The van der Waals surface area contributed by atoms with E-state index in [9.17, 15) is 14.4 Å². The fraction of sp³-hybridized carbons (Fsp3) is 0.234. The number of nitrogens with zero attached hydrogens (tertiary/aromatic N) is 3. The van der Waals surface area contributed by atoms with Crippen LogP contribution in [0.5, 0.6) is 0 Å². The van der Waals surface area contributed by atoms with Crippen LogP contribution in [0.2, 0.25) is 0 Å². The summed E-state index contributed by atoms with van der Waals surface area (Å²) < 4.78 is 24.2. The van der Waals surface area contributed by atoms with Crippen LogP contribution in [-0.4, -0.2) is 91.3 Å². The zero-order valence-corrected chi connectivity index (χ0v) is 40.8. The van der Waals surface area contributed by atoms with Crippen molar-refractivity contribution < 1.29 is 28.6 Å². The van der Waals surface area contributed by atoms with E-state index in [2.05, 4.69) is 90.5 Å². The van der Waals surface area contributed by atoms with Gasteiger partial charge in [-0.3, -0.25) is 14.4 Å². The lowest BCUT2D eigenvalue weighted by Crippen LogP contribution is -2.35. The predicted molar refractivity (Wildman–Crippen MR) is 276 cm³/mol. The number of anilines is 2. The van der Waals surface area contributed by atoms with Crippen molar-refractivity contribution in [2.45, 2.75) is 0 Å². The summed E-state index contributed by atoms with van der Waals surface area (Å²) in [6, 6.07) is 25.6. The molecule has 0 saturated carbocycles. The number of thiophene rings is 6. The molecule has 0 spiro atoms. The number of amides is 1. The zero-order valence-electron chi connectivity index (χ0n) is 34.3. The maximum atomic E-state index is 12.2. The van der Waals surface area contributed by atoms with Crippen molar-refractivity contribution in [2.75, 3.05) is 82.7 Å². The van der Waals surface area contributed by atoms with Gasteiger partial charge in [-0.1, -0.05) is 0 Å². The van der Waals surface area contributed by atoms with Gasteiger partial charge in [-0.2, -0.15) is 0 Å². The van der Waals surface area contributed by atoms with Crippen LogP contribution in [0.4, 0.5) is 10.0 Å². The molecule has 3 aromatic carbocycles. The molecule has 11 rings (SSSR count). The maximum absolute atomic E-state index is 12.2. The first kappa shape index (κ1) is 44.6. The summed E-state index contributed by atoms with van der Waals surface area (Å²) in [6.07, 6.45) is 3.50. The van der Waals surface area contributed by atoms with Crippen molar-refractivity contribution in [2.24, 2.45) is 0 Å². The Morgan fingerprint density at radius 2 is 1.06 bits per heavy atom. The van der Waals surface area contributed by atoms with Gasteiger partial charge < -0.3 is 29.3 Å². The van der Waals surface area contributed by atoms with E-state index in [1.165, 1.54) is 49.7 Å². The van der Waals surface area contributed by atoms with Gasteiger partial charge in [0.2, 0.25) is 5.91 Å². The number of nitrogens with one attached hydrogen (secondary N) is 1. The second-order valence-corrected chi connectivity index (χ2v) is 22.7. The largest absolute Gasteiger partial charge is 0.383 e. The van der Waals surface area contributed by atoms with Gasteiger partial charge in [-0.15, -0.1) is 68.0 Å². The molecule has 0 bridgehead atoms. The molecular formula is C47H39BrN4O6S6. The van der Waals surface area contributed by atoms with Crippen LogP contribution >= 0.6 is 84.0 Å². The molecule has 9 aromatic rings. The standard InChI is InChI=1S/C21H21N3O3S2.C15H13NO2S2.C11H5BrOS2/c1-22-17(21(25)23-3-6-26-2)12-16-10-14-9-15-11-20(24-4-7-27-8-5-24)29-19(15)13-18(14)28-16;17-9-12-6-10-5-11-7-15(16-1-3-18-4-2-16)20-14(11)8-13(10)19-12;12-11-3-7-1-6-2-8(5-13)14-9(6)4-10(7)15-11/h9-13H,3-8H2,2H3,(H,23,25);5-9H,1-4H2;1-5H/b17-12-;;. The van der Waals surface area contributed by atoms with Gasteiger partial charge in [0.15, 0.2) is 12.6 Å². The number of carbonyl (C=O) groups excluding carboxylic acids is 3.